The Bertz CT molecular complexity index is 389. The SMILES string of the molecule is CC#CC(=O)NC(C)CCc1ccncc1. The monoisotopic (exact) mass is 216 g/mol. The highest BCUT2D eigenvalue weighted by molar-refractivity contribution is 5.93. The maximum Gasteiger partial charge on any atom is 0.296 e. The average molecular weight is 216 g/mol. The van der Waals surface area contributed by atoms with Crippen molar-refractivity contribution in [2.75, 3.05) is 0 Å². The van der Waals surface area contributed by atoms with Crippen LogP contribution in [0.1, 0.15) is 25.8 Å². The molecule has 1 amide bonds. The van der Waals surface area contributed by atoms with Gasteiger partial charge in [-0.3, -0.25) is 9.78 Å². The Morgan fingerprint density at radius 3 is 2.81 bits per heavy atom. The molecule has 3 nitrogen and oxygen atoms in total. The third-order valence-electron chi connectivity index (χ3n) is 2.23. The van der Waals surface area contributed by atoms with Crippen LogP contribution in [0.3, 0.4) is 0 Å². The minimum absolute atomic E-state index is 0.140. The van der Waals surface area contributed by atoms with Crippen molar-refractivity contribution >= 4 is 5.91 Å². The van der Waals surface area contributed by atoms with Crippen molar-refractivity contribution in [1.29, 1.82) is 0 Å². The summed E-state index contributed by atoms with van der Waals surface area (Å²) in [4.78, 5) is 15.1. The molecule has 0 aliphatic heterocycles. The Balaban J connectivity index is 2.32. The molecule has 0 fully saturated rings. The van der Waals surface area contributed by atoms with Gasteiger partial charge < -0.3 is 5.32 Å². The Labute approximate surface area is 96.3 Å². The van der Waals surface area contributed by atoms with Gasteiger partial charge in [-0.1, -0.05) is 5.92 Å². The van der Waals surface area contributed by atoms with Crippen LogP contribution < -0.4 is 5.32 Å². The summed E-state index contributed by atoms with van der Waals surface area (Å²) in [5.41, 5.74) is 1.23. The smallest absolute Gasteiger partial charge is 0.296 e. The van der Waals surface area contributed by atoms with Gasteiger partial charge in [0, 0.05) is 18.4 Å². The largest absolute Gasteiger partial charge is 0.343 e. The van der Waals surface area contributed by atoms with Crippen LogP contribution in [0.5, 0.6) is 0 Å². The van der Waals surface area contributed by atoms with Crippen LogP contribution in [0.4, 0.5) is 0 Å². The van der Waals surface area contributed by atoms with E-state index >= 15 is 0 Å². The average Bonchev–Trinajstić information content (AvgIpc) is 2.28. The first-order valence-corrected chi connectivity index (χ1v) is 5.34. The molecule has 0 radical (unpaired) electrons. The molecule has 3 heteroatoms. The quantitative estimate of drug-likeness (QED) is 0.776. The van der Waals surface area contributed by atoms with Gasteiger partial charge in [0.05, 0.1) is 0 Å². The van der Waals surface area contributed by atoms with Crippen molar-refractivity contribution < 1.29 is 4.79 Å². The van der Waals surface area contributed by atoms with Gasteiger partial charge in [-0.25, -0.2) is 0 Å². The highest BCUT2D eigenvalue weighted by Gasteiger charge is 2.04. The number of amides is 1. The van der Waals surface area contributed by atoms with Crippen molar-refractivity contribution in [3.05, 3.63) is 30.1 Å². The lowest BCUT2D eigenvalue weighted by molar-refractivity contribution is -0.116. The van der Waals surface area contributed by atoms with Crippen molar-refractivity contribution in [1.82, 2.24) is 10.3 Å². The summed E-state index contributed by atoms with van der Waals surface area (Å²) in [5.74, 6) is 4.84. The zero-order valence-corrected chi connectivity index (χ0v) is 9.66. The molecular weight excluding hydrogens is 200 g/mol. The summed E-state index contributed by atoms with van der Waals surface area (Å²) in [6.45, 7) is 3.64. The number of carbonyl (C=O) groups excluding carboxylic acids is 1. The molecule has 1 atom stereocenters. The first kappa shape index (κ1) is 12.3. The molecular formula is C13H16N2O. The van der Waals surface area contributed by atoms with Gasteiger partial charge >= 0.3 is 0 Å². The molecule has 0 aliphatic carbocycles. The van der Waals surface area contributed by atoms with Crippen LogP contribution in [-0.4, -0.2) is 16.9 Å². The lowest BCUT2D eigenvalue weighted by Crippen LogP contribution is -2.31. The predicted molar refractivity (Wildman–Crippen MR) is 63.6 cm³/mol. The van der Waals surface area contributed by atoms with Gasteiger partial charge in [-0.05, 0) is 50.3 Å². The minimum atomic E-state index is -0.204. The Morgan fingerprint density at radius 1 is 1.50 bits per heavy atom. The maximum atomic E-state index is 11.2. The molecule has 0 bridgehead atoms. The molecule has 1 unspecified atom stereocenters. The van der Waals surface area contributed by atoms with E-state index in [9.17, 15) is 4.79 Å². The predicted octanol–water partition coefficient (Wildman–Crippen LogP) is 1.54. The van der Waals surface area contributed by atoms with Crippen molar-refractivity contribution in [2.45, 2.75) is 32.7 Å². The summed E-state index contributed by atoms with van der Waals surface area (Å²) in [6.07, 6.45) is 5.40. The summed E-state index contributed by atoms with van der Waals surface area (Å²) >= 11 is 0. The second-order valence-corrected chi connectivity index (χ2v) is 3.64. The molecule has 0 spiro atoms. The fourth-order valence-electron chi connectivity index (χ4n) is 1.38. The van der Waals surface area contributed by atoms with E-state index < -0.39 is 0 Å². The van der Waals surface area contributed by atoms with Gasteiger partial charge in [0.2, 0.25) is 0 Å². The first-order chi connectivity index (χ1) is 7.72. The molecule has 84 valence electrons. The zero-order valence-electron chi connectivity index (χ0n) is 9.66. The third kappa shape index (κ3) is 4.61. The van der Waals surface area contributed by atoms with Crippen molar-refractivity contribution in [2.24, 2.45) is 0 Å². The van der Waals surface area contributed by atoms with Gasteiger partial charge in [-0.15, -0.1) is 0 Å². The second kappa shape index (κ2) is 6.62. The number of pyridine rings is 1. The van der Waals surface area contributed by atoms with Gasteiger partial charge in [-0.2, -0.15) is 0 Å². The number of nitrogens with one attached hydrogen (secondary N) is 1. The lowest BCUT2D eigenvalue weighted by atomic mass is 10.1. The number of hydrogen-bond donors (Lipinski definition) is 1. The standard InChI is InChI=1S/C13H16N2O/c1-3-4-13(16)15-11(2)5-6-12-7-9-14-10-8-12/h7-11H,5-6H2,1-2H3,(H,15,16). The van der Waals surface area contributed by atoms with E-state index in [1.54, 1.807) is 19.3 Å². The van der Waals surface area contributed by atoms with Crippen molar-refractivity contribution in [3.63, 3.8) is 0 Å². The van der Waals surface area contributed by atoms with E-state index in [-0.39, 0.29) is 11.9 Å². The van der Waals surface area contributed by atoms with Crippen LogP contribution in [0.25, 0.3) is 0 Å². The van der Waals surface area contributed by atoms with E-state index in [4.69, 9.17) is 0 Å². The molecule has 0 aliphatic rings. The van der Waals surface area contributed by atoms with Gasteiger partial charge in [0.15, 0.2) is 0 Å². The Morgan fingerprint density at radius 2 is 2.19 bits per heavy atom. The fourth-order valence-corrected chi connectivity index (χ4v) is 1.38. The van der Waals surface area contributed by atoms with Crippen LogP contribution in [0.15, 0.2) is 24.5 Å². The molecule has 16 heavy (non-hydrogen) atoms. The number of carbonyl (C=O) groups is 1. The Hall–Kier alpha value is -1.82. The van der Waals surface area contributed by atoms with Gasteiger partial charge in [0.25, 0.3) is 5.91 Å². The summed E-state index contributed by atoms with van der Waals surface area (Å²) < 4.78 is 0. The molecule has 1 aromatic rings. The minimum Gasteiger partial charge on any atom is -0.343 e. The number of aromatic nitrogens is 1. The third-order valence-corrected chi connectivity index (χ3v) is 2.23. The second-order valence-electron chi connectivity index (χ2n) is 3.64. The molecule has 1 rings (SSSR count). The topological polar surface area (TPSA) is 42.0 Å². The molecule has 0 saturated heterocycles. The summed E-state index contributed by atoms with van der Waals surface area (Å²) in [6, 6.07) is 4.11. The summed E-state index contributed by atoms with van der Waals surface area (Å²) in [5, 5.41) is 2.82. The normalized spacial score (nSPS) is 11.1. The van der Waals surface area contributed by atoms with Crippen LogP contribution >= 0.6 is 0 Å². The zero-order chi connectivity index (χ0) is 11.8. The maximum absolute atomic E-state index is 11.2. The molecule has 0 aromatic carbocycles. The molecule has 1 aromatic heterocycles. The van der Waals surface area contributed by atoms with E-state index in [0.717, 1.165) is 12.8 Å². The molecule has 0 saturated carbocycles. The number of aryl methyl sites for hydroxylation is 1. The van der Waals surface area contributed by atoms with E-state index in [1.807, 2.05) is 19.1 Å². The highest BCUT2D eigenvalue weighted by Crippen LogP contribution is 2.03. The molecule has 1 heterocycles. The van der Waals surface area contributed by atoms with E-state index in [2.05, 4.69) is 22.1 Å². The molecule has 1 N–H and O–H groups in total. The van der Waals surface area contributed by atoms with Crippen LogP contribution in [-0.2, 0) is 11.2 Å². The van der Waals surface area contributed by atoms with Crippen molar-refractivity contribution in [3.8, 4) is 11.8 Å². The fraction of sp³-hybridized carbons (Fsp3) is 0.385. The highest BCUT2D eigenvalue weighted by atomic mass is 16.1. The Kier molecular flexibility index (Phi) is 5.07. The van der Waals surface area contributed by atoms with Gasteiger partial charge in [0.1, 0.15) is 0 Å². The number of rotatable bonds is 4. The first-order valence-electron chi connectivity index (χ1n) is 5.34. The lowest BCUT2D eigenvalue weighted by Gasteiger charge is -2.11. The van der Waals surface area contributed by atoms with E-state index in [0.29, 0.717) is 0 Å². The number of hydrogen-bond acceptors (Lipinski definition) is 2. The van der Waals surface area contributed by atoms with Crippen LogP contribution in [0.2, 0.25) is 0 Å². The number of nitrogens with zero attached hydrogens (tertiary/aromatic N) is 1. The summed E-state index contributed by atoms with van der Waals surface area (Å²) in [7, 11) is 0. The van der Waals surface area contributed by atoms with E-state index in [1.165, 1.54) is 5.56 Å². The van der Waals surface area contributed by atoms with Crippen LogP contribution in [0, 0.1) is 11.8 Å².